The third kappa shape index (κ3) is 3.33. The van der Waals surface area contributed by atoms with Crippen molar-refractivity contribution in [3.63, 3.8) is 0 Å². The number of hydrogen-bond acceptors (Lipinski definition) is 4. The number of aromatic nitrogens is 1. The van der Waals surface area contributed by atoms with E-state index in [1.165, 1.54) is 0 Å². The number of hydrogen-bond donors (Lipinski definition) is 1. The fraction of sp³-hybridized carbons (Fsp3) is 0.417. The molecule has 2 nitrogen and oxygen atoms in total. The Morgan fingerprint density at radius 1 is 1.56 bits per heavy atom. The van der Waals surface area contributed by atoms with Crippen LogP contribution in [0.5, 0.6) is 0 Å². The molecule has 0 spiro atoms. The SMILES string of the molecule is CCCNC(C)c1csc(-c2cc(Br)c(Cl)s2)n1. The highest BCUT2D eigenvalue weighted by atomic mass is 79.9. The van der Waals surface area contributed by atoms with Crippen LogP contribution in [0.25, 0.3) is 9.88 Å². The lowest BCUT2D eigenvalue weighted by Gasteiger charge is -2.09. The third-order valence-corrected chi connectivity index (χ3v) is 6.03. The van der Waals surface area contributed by atoms with Crippen molar-refractivity contribution in [1.29, 1.82) is 0 Å². The van der Waals surface area contributed by atoms with E-state index in [-0.39, 0.29) is 0 Å². The molecular weight excluding hydrogens is 352 g/mol. The van der Waals surface area contributed by atoms with Crippen LogP contribution in [0.15, 0.2) is 15.9 Å². The molecule has 6 heteroatoms. The summed E-state index contributed by atoms with van der Waals surface area (Å²) in [5, 5.41) is 6.59. The van der Waals surface area contributed by atoms with Crippen LogP contribution in [-0.4, -0.2) is 11.5 Å². The molecular formula is C12H14BrClN2S2. The number of rotatable bonds is 5. The van der Waals surface area contributed by atoms with Crippen molar-refractivity contribution < 1.29 is 0 Å². The van der Waals surface area contributed by atoms with Gasteiger partial charge in [0.1, 0.15) is 9.34 Å². The summed E-state index contributed by atoms with van der Waals surface area (Å²) in [4.78, 5) is 5.79. The molecule has 98 valence electrons. The Labute approximate surface area is 129 Å². The van der Waals surface area contributed by atoms with Crippen LogP contribution in [-0.2, 0) is 0 Å². The third-order valence-electron chi connectivity index (χ3n) is 2.52. The highest BCUT2D eigenvalue weighted by Gasteiger charge is 2.13. The molecule has 1 N–H and O–H groups in total. The molecule has 0 bridgehead atoms. The first-order valence-electron chi connectivity index (χ1n) is 5.75. The maximum atomic E-state index is 6.05. The lowest BCUT2D eigenvalue weighted by molar-refractivity contribution is 0.561. The van der Waals surface area contributed by atoms with Crippen molar-refractivity contribution in [3.05, 3.63) is 25.9 Å². The molecule has 2 aromatic heterocycles. The van der Waals surface area contributed by atoms with Crippen LogP contribution in [0, 0.1) is 0 Å². The summed E-state index contributed by atoms with van der Waals surface area (Å²) in [7, 11) is 0. The van der Waals surface area contributed by atoms with Crippen molar-refractivity contribution in [3.8, 4) is 9.88 Å². The van der Waals surface area contributed by atoms with Crippen molar-refractivity contribution in [2.75, 3.05) is 6.54 Å². The molecule has 1 unspecified atom stereocenters. The largest absolute Gasteiger partial charge is 0.309 e. The molecule has 0 aliphatic carbocycles. The maximum Gasteiger partial charge on any atom is 0.133 e. The van der Waals surface area contributed by atoms with Crippen LogP contribution in [0.3, 0.4) is 0 Å². The normalized spacial score (nSPS) is 12.9. The predicted molar refractivity (Wildman–Crippen MR) is 84.8 cm³/mol. The van der Waals surface area contributed by atoms with Gasteiger partial charge in [0, 0.05) is 15.9 Å². The Balaban J connectivity index is 2.14. The first-order chi connectivity index (χ1) is 8.61. The molecule has 0 saturated carbocycles. The molecule has 0 saturated heterocycles. The smallest absolute Gasteiger partial charge is 0.133 e. The molecule has 0 aliphatic heterocycles. The summed E-state index contributed by atoms with van der Waals surface area (Å²) in [6, 6.07) is 2.33. The van der Waals surface area contributed by atoms with E-state index in [1.54, 1.807) is 22.7 Å². The Kier molecular flexibility index (Phi) is 5.21. The minimum atomic E-state index is 0.300. The van der Waals surface area contributed by atoms with E-state index in [9.17, 15) is 0 Å². The van der Waals surface area contributed by atoms with E-state index in [0.29, 0.717) is 6.04 Å². The van der Waals surface area contributed by atoms with Gasteiger partial charge in [-0.2, -0.15) is 0 Å². The first kappa shape index (κ1) is 14.5. The second-order valence-electron chi connectivity index (χ2n) is 3.99. The van der Waals surface area contributed by atoms with Gasteiger partial charge in [0.05, 0.1) is 10.6 Å². The summed E-state index contributed by atoms with van der Waals surface area (Å²) >= 11 is 12.7. The molecule has 0 amide bonds. The molecule has 2 heterocycles. The van der Waals surface area contributed by atoms with Crippen molar-refractivity contribution in [2.45, 2.75) is 26.3 Å². The number of nitrogens with one attached hydrogen (secondary N) is 1. The van der Waals surface area contributed by atoms with E-state index < -0.39 is 0 Å². The topological polar surface area (TPSA) is 24.9 Å². The highest BCUT2D eigenvalue weighted by Crippen LogP contribution is 2.39. The van der Waals surface area contributed by atoms with E-state index >= 15 is 0 Å². The monoisotopic (exact) mass is 364 g/mol. The summed E-state index contributed by atoms with van der Waals surface area (Å²) in [6.07, 6.45) is 1.13. The van der Waals surface area contributed by atoms with Crippen LogP contribution in [0.4, 0.5) is 0 Å². The molecule has 0 aliphatic rings. The Hall–Kier alpha value is 0.0600. The molecule has 0 radical (unpaired) electrons. The Morgan fingerprint density at radius 3 is 2.94 bits per heavy atom. The number of thiazole rings is 1. The van der Waals surface area contributed by atoms with Crippen LogP contribution >= 0.6 is 50.2 Å². The minimum absolute atomic E-state index is 0.300. The number of halogens is 2. The molecule has 18 heavy (non-hydrogen) atoms. The average Bonchev–Trinajstić information content (AvgIpc) is 2.94. The van der Waals surface area contributed by atoms with Gasteiger partial charge in [-0.3, -0.25) is 0 Å². The fourth-order valence-electron chi connectivity index (χ4n) is 1.52. The van der Waals surface area contributed by atoms with Crippen LogP contribution in [0.2, 0.25) is 4.34 Å². The minimum Gasteiger partial charge on any atom is -0.309 e. The van der Waals surface area contributed by atoms with Gasteiger partial charge in [-0.05, 0) is 41.9 Å². The maximum absolute atomic E-state index is 6.05. The van der Waals surface area contributed by atoms with Gasteiger partial charge in [0.15, 0.2) is 0 Å². The highest BCUT2D eigenvalue weighted by molar-refractivity contribution is 9.10. The van der Waals surface area contributed by atoms with Crippen molar-refractivity contribution >= 4 is 50.2 Å². The summed E-state index contributed by atoms with van der Waals surface area (Å²) in [6.45, 7) is 5.33. The van der Waals surface area contributed by atoms with E-state index in [2.05, 4.69) is 45.5 Å². The molecule has 1 atom stereocenters. The van der Waals surface area contributed by atoms with Gasteiger partial charge in [0.2, 0.25) is 0 Å². The summed E-state index contributed by atoms with van der Waals surface area (Å²) in [5.41, 5.74) is 1.10. The lowest BCUT2D eigenvalue weighted by atomic mass is 10.2. The average molecular weight is 366 g/mol. The zero-order valence-corrected chi connectivity index (χ0v) is 14.1. The van der Waals surface area contributed by atoms with Gasteiger partial charge in [-0.25, -0.2) is 4.98 Å². The summed E-state index contributed by atoms with van der Waals surface area (Å²) < 4.78 is 1.72. The molecule has 0 fully saturated rings. The van der Waals surface area contributed by atoms with Crippen LogP contribution < -0.4 is 5.32 Å². The zero-order valence-electron chi connectivity index (χ0n) is 10.2. The quantitative estimate of drug-likeness (QED) is 0.772. The molecule has 2 aromatic rings. The van der Waals surface area contributed by atoms with E-state index in [0.717, 1.165) is 37.4 Å². The van der Waals surface area contributed by atoms with Gasteiger partial charge in [-0.1, -0.05) is 18.5 Å². The van der Waals surface area contributed by atoms with Gasteiger partial charge < -0.3 is 5.32 Å². The van der Waals surface area contributed by atoms with Gasteiger partial charge >= 0.3 is 0 Å². The van der Waals surface area contributed by atoms with Gasteiger partial charge in [-0.15, -0.1) is 22.7 Å². The Bertz CT molecular complexity index is 504. The predicted octanol–water partition coefficient (Wildman–Crippen LogP) is 5.35. The van der Waals surface area contributed by atoms with Crippen LogP contribution in [0.1, 0.15) is 32.0 Å². The standard InChI is InChI=1S/C12H14BrClN2S2/c1-3-4-15-7(2)9-6-17-12(16-9)10-5-8(13)11(14)18-10/h5-7,15H,3-4H2,1-2H3. The van der Waals surface area contributed by atoms with Gasteiger partial charge in [0.25, 0.3) is 0 Å². The first-order valence-corrected chi connectivity index (χ1v) is 8.62. The Morgan fingerprint density at radius 2 is 2.33 bits per heavy atom. The number of thiophene rings is 1. The zero-order chi connectivity index (χ0) is 13.1. The van der Waals surface area contributed by atoms with Crippen molar-refractivity contribution in [1.82, 2.24) is 10.3 Å². The number of nitrogens with zero attached hydrogens (tertiary/aromatic N) is 1. The molecule has 0 aromatic carbocycles. The fourth-order valence-corrected chi connectivity index (χ4v) is 4.19. The summed E-state index contributed by atoms with van der Waals surface area (Å²) in [5.74, 6) is 0. The second kappa shape index (κ2) is 6.48. The van der Waals surface area contributed by atoms with E-state index in [4.69, 9.17) is 11.6 Å². The van der Waals surface area contributed by atoms with E-state index in [1.807, 2.05) is 6.07 Å². The second-order valence-corrected chi connectivity index (χ2v) is 7.35. The van der Waals surface area contributed by atoms with Crippen molar-refractivity contribution in [2.24, 2.45) is 0 Å². The lowest BCUT2D eigenvalue weighted by Crippen LogP contribution is -2.19. The molecule has 2 rings (SSSR count).